The van der Waals surface area contributed by atoms with Gasteiger partial charge in [0.05, 0.1) is 6.61 Å². The van der Waals surface area contributed by atoms with Crippen LogP contribution in [-0.2, 0) is 9.53 Å². The third-order valence-corrected chi connectivity index (χ3v) is 1.15. The van der Waals surface area contributed by atoms with Gasteiger partial charge >= 0.3 is 5.97 Å². The predicted octanol–water partition coefficient (Wildman–Crippen LogP) is 1.43. The van der Waals surface area contributed by atoms with Crippen molar-refractivity contribution in [2.24, 2.45) is 5.92 Å². The highest BCUT2D eigenvalue weighted by Gasteiger charge is 2.15. The predicted molar refractivity (Wildman–Crippen MR) is 37.9 cm³/mol. The molecule has 0 spiro atoms. The highest BCUT2D eigenvalue weighted by atomic mass is 19.1. The number of alkyl halides is 1. The SMILES string of the molecule is CC(C)CCOC(F)C(=O)O. The van der Waals surface area contributed by atoms with Crippen LogP contribution in [0.2, 0.25) is 0 Å². The van der Waals surface area contributed by atoms with E-state index in [1.807, 2.05) is 13.8 Å². The zero-order chi connectivity index (χ0) is 8.85. The van der Waals surface area contributed by atoms with Gasteiger partial charge in [-0.05, 0) is 12.3 Å². The maximum absolute atomic E-state index is 12.2. The van der Waals surface area contributed by atoms with Crippen LogP contribution in [0.25, 0.3) is 0 Å². The molecule has 0 aromatic rings. The summed E-state index contributed by atoms with van der Waals surface area (Å²) in [6, 6.07) is 0. The molecule has 3 nitrogen and oxygen atoms in total. The molecule has 0 aliphatic rings. The lowest BCUT2D eigenvalue weighted by Crippen LogP contribution is -2.19. The van der Waals surface area contributed by atoms with Crippen LogP contribution in [0, 0.1) is 5.92 Å². The third kappa shape index (κ3) is 5.79. The molecule has 0 aromatic heterocycles. The van der Waals surface area contributed by atoms with Gasteiger partial charge < -0.3 is 9.84 Å². The van der Waals surface area contributed by atoms with Crippen LogP contribution in [0.3, 0.4) is 0 Å². The molecule has 1 atom stereocenters. The quantitative estimate of drug-likeness (QED) is 0.668. The van der Waals surface area contributed by atoms with Gasteiger partial charge in [0.25, 0.3) is 6.36 Å². The maximum Gasteiger partial charge on any atom is 0.366 e. The number of hydrogen-bond acceptors (Lipinski definition) is 2. The van der Waals surface area contributed by atoms with Crippen LogP contribution in [0.4, 0.5) is 4.39 Å². The Morgan fingerprint density at radius 2 is 2.18 bits per heavy atom. The van der Waals surface area contributed by atoms with Crippen molar-refractivity contribution in [2.45, 2.75) is 26.6 Å². The lowest BCUT2D eigenvalue weighted by molar-refractivity contribution is -0.163. The van der Waals surface area contributed by atoms with E-state index >= 15 is 0 Å². The van der Waals surface area contributed by atoms with Crippen molar-refractivity contribution < 1.29 is 19.0 Å². The molecular weight excluding hydrogens is 151 g/mol. The molecule has 0 saturated heterocycles. The van der Waals surface area contributed by atoms with E-state index < -0.39 is 12.3 Å². The Hall–Kier alpha value is -0.640. The molecular formula is C7H13FO3. The molecule has 0 aromatic carbocycles. The number of aliphatic carboxylic acids is 1. The summed E-state index contributed by atoms with van der Waals surface area (Å²) in [5.41, 5.74) is 0. The summed E-state index contributed by atoms with van der Waals surface area (Å²) in [6.07, 6.45) is -1.50. The number of rotatable bonds is 5. The first-order valence-corrected chi connectivity index (χ1v) is 3.52. The Balaban J connectivity index is 3.31. The Morgan fingerprint density at radius 1 is 1.64 bits per heavy atom. The number of carbonyl (C=O) groups is 1. The molecule has 0 bridgehead atoms. The van der Waals surface area contributed by atoms with Crippen LogP contribution < -0.4 is 0 Å². The second-order valence-electron chi connectivity index (χ2n) is 2.71. The second-order valence-corrected chi connectivity index (χ2v) is 2.71. The molecule has 0 rings (SSSR count). The van der Waals surface area contributed by atoms with E-state index in [2.05, 4.69) is 4.74 Å². The highest BCUT2D eigenvalue weighted by Crippen LogP contribution is 2.02. The summed E-state index contributed by atoms with van der Waals surface area (Å²) >= 11 is 0. The van der Waals surface area contributed by atoms with Crippen LogP contribution >= 0.6 is 0 Å². The summed E-state index contributed by atoms with van der Waals surface area (Å²) in [5.74, 6) is -1.16. The number of hydrogen-bond donors (Lipinski definition) is 1. The molecule has 11 heavy (non-hydrogen) atoms. The second kappa shape index (κ2) is 5.07. The van der Waals surface area contributed by atoms with E-state index in [4.69, 9.17) is 5.11 Å². The molecule has 66 valence electrons. The lowest BCUT2D eigenvalue weighted by atomic mass is 10.1. The van der Waals surface area contributed by atoms with E-state index in [1.165, 1.54) is 0 Å². The minimum absolute atomic E-state index is 0.158. The van der Waals surface area contributed by atoms with Crippen molar-refractivity contribution in [1.82, 2.24) is 0 Å². The fourth-order valence-electron chi connectivity index (χ4n) is 0.479. The first-order chi connectivity index (χ1) is 5.04. The molecule has 0 aliphatic carbocycles. The van der Waals surface area contributed by atoms with Gasteiger partial charge in [-0.1, -0.05) is 13.8 Å². The summed E-state index contributed by atoms with van der Waals surface area (Å²) in [6.45, 7) is 4.07. The molecule has 0 saturated carbocycles. The number of halogens is 1. The lowest BCUT2D eigenvalue weighted by Gasteiger charge is -2.06. The van der Waals surface area contributed by atoms with Crippen molar-refractivity contribution in [1.29, 1.82) is 0 Å². The maximum atomic E-state index is 12.2. The fraction of sp³-hybridized carbons (Fsp3) is 0.857. The molecule has 0 fully saturated rings. The molecule has 0 heterocycles. The first kappa shape index (κ1) is 10.4. The standard InChI is InChI=1S/C7H13FO3/c1-5(2)3-4-11-6(8)7(9)10/h5-6H,3-4H2,1-2H3,(H,9,10). The topological polar surface area (TPSA) is 46.5 Å². The molecule has 0 amide bonds. The normalized spacial score (nSPS) is 13.5. The minimum Gasteiger partial charge on any atom is -0.477 e. The summed E-state index contributed by atoms with van der Waals surface area (Å²) in [7, 11) is 0. The van der Waals surface area contributed by atoms with Crippen molar-refractivity contribution in [3.05, 3.63) is 0 Å². The van der Waals surface area contributed by atoms with Crippen LogP contribution in [-0.4, -0.2) is 24.0 Å². The Kier molecular flexibility index (Phi) is 4.77. The van der Waals surface area contributed by atoms with Gasteiger partial charge in [-0.15, -0.1) is 0 Å². The molecule has 4 heteroatoms. The van der Waals surface area contributed by atoms with Crippen LogP contribution in [0.15, 0.2) is 0 Å². The Morgan fingerprint density at radius 3 is 2.55 bits per heavy atom. The molecule has 0 aliphatic heterocycles. The van der Waals surface area contributed by atoms with Crippen LogP contribution in [0.1, 0.15) is 20.3 Å². The number of ether oxygens (including phenoxy) is 1. The van der Waals surface area contributed by atoms with Crippen molar-refractivity contribution in [2.75, 3.05) is 6.61 Å². The highest BCUT2D eigenvalue weighted by molar-refractivity contribution is 5.70. The van der Waals surface area contributed by atoms with E-state index in [0.29, 0.717) is 12.3 Å². The van der Waals surface area contributed by atoms with E-state index in [1.54, 1.807) is 0 Å². The molecule has 1 unspecified atom stereocenters. The van der Waals surface area contributed by atoms with Gasteiger partial charge in [0.1, 0.15) is 0 Å². The van der Waals surface area contributed by atoms with Gasteiger partial charge in [0, 0.05) is 0 Å². The monoisotopic (exact) mass is 164 g/mol. The molecule has 0 radical (unpaired) electrons. The summed E-state index contributed by atoms with van der Waals surface area (Å²) in [4.78, 5) is 9.87. The smallest absolute Gasteiger partial charge is 0.366 e. The largest absolute Gasteiger partial charge is 0.477 e. The van der Waals surface area contributed by atoms with Gasteiger partial charge in [-0.25, -0.2) is 9.18 Å². The number of carboxylic acids is 1. The van der Waals surface area contributed by atoms with E-state index in [0.717, 1.165) is 0 Å². The van der Waals surface area contributed by atoms with Crippen molar-refractivity contribution >= 4 is 5.97 Å². The zero-order valence-corrected chi connectivity index (χ0v) is 6.71. The molecule has 1 N–H and O–H groups in total. The minimum atomic E-state index is -2.17. The van der Waals surface area contributed by atoms with Gasteiger partial charge in [0.15, 0.2) is 0 Å². The van der Waals surface area contributed by atoms with Gasteiger partial charge in [0.2, 0.25) is 0 Å². The fourth-order valence-corrected chi connectivity index (χ4v) is 0.479. The average Bonchev–Trinajstić information content (AvgIpc) is 1.86. The zero-order valence-electron chi connectivity index (χ0n) is 6.71. The van der Waals surface area contributed by atoms with Crippen molar-refractivity contribution in [3.63, 3.8) is 0 Å². The number of carboxylic acid groups (broad SMARTS) is 1. The van der Waals surface area contributed by atoms with Gasteiger partial charge in [-0.3, -0.25) is 0 Å². The van der Waals surface area contributed by atoms with Crippen LogP contribution in [0.5, 0.6) is 0 Å². The Bertz CT molecular complexity index is 125. The van der Waals surface area contributed by atoms with E-state index in [-0.39, 0.29) is 6.61 Å². The average molecular weight is 164 g/mol. The Labute approximate surface area is 65.2 Å². The third-order valence-electron chi connectivity index (χ3n) is 1.15. The van der Waals surface area contributed by atoms with Crippen molar-refractivity contribution in [3.8, 4) is 0 Å². The first-order valence-electron chi connectivity index (χ1n) is 3.52. The summed E-state index contributed by atoms with van der Waals surface area (Å²) in [5, 5.41) is 8.05. The summed E-state index contributed by atoms with van der Waals surface area (Å²) < 4.78 is 16.5. The van der Waals surface area contributed by atoms with Gasteiger partial charge in [-0.2, -0.15) is 0 Å². The van der Waals surface area contributed by atoms with E-state index in [9.17, 15) is 9.18 Å².